The lowest BCUT2D eigenvalue weighted by molar-refractivity contribution is 0.0974. The number of hydrogen-bond donors (Lipinski definition) is 0. The van der Waals surface area contributed by atoms with Crippen molar-refractivity contribution < 1.29 is 9.32 Å². The van der Waals surface area contributed by atoms with Gasteiger partial charge < -0.3 is 9.42 Å². The fourth-order valence-corrected chi connectivity index (χ4v) is 5.51. The maximum Gasteiger partial charge on any atom is 0.278 e. The molecule has 2 aliphatic rings. The quantitative estimate of drug-likeness (QED) is 0.429. The third-order valence-electron chi connectivity index (χ3n) is 5.93. The van der Waals surface area contributed by atoms with Gasteiger partial charge in [-0.05, 0) is 43.2 Å². The zero-order chi connectivity index (χ0) is 21.5. The van der Waals surface area contributed by atoms with Crippen LogP contribution in [0.5, 0.6) is 0 Å². The third kappa shape index (κ3) is 3.27. The average Bonchev–Trinajstić information content (AvgIpc) is 3.52. The first-order valence-corrected chi connectivity index (χ1v) is 11.4. The van der Waals surface area contributed by atoms with E-state index in [1.54, 1.807) is 30.4 Å². The minimum atomic E-state index is 0.0796. The summed E-state index contributed by atoms with van der Waals surface area (Å²) in [6, 6.07) is 14.1. The van der Waals surface area contributed by atoms with Crippen molar-refractivity contribution in [1.29, 1.82) is 0 Å². The number of fused-ring (bicyclic) bond motifs is 2. The molecule has 1 amide bonds. The van der Waals surface area contributed by atoms with Gasteiger partial charge >= 0.3 is 0 Å². The predicted molar refractivity (Wildman–Crippen MR) is 120 cm³/mol. The van der Waals surface area contributed by atoms with Gasteiger partial charge in [-0.1, -0.05) is 41.9 Å². The maximum atomic E-state index is 13.6. The molecule has 32 heavy (non-hydrogen) atoms. The third-order valence-corrected chi connectivity index (χ3v) is 7.05. The molecule has 0 N–H and O–H groups in total. The van der Waals surface area contributed by atoms with Crippen LogP contribution in [0.15, 0.2) is 75.4 Å². The van der Waals surface area contributed by atoms with Crippen molar-refractivity contribution >= 4 is 23.4 Å². The van der Waals surface area contributed by atoms with Crippen LogP contribution in [0.4, 0.5) is 5.69 Å². The van der Waals surface area contributed by atoms with E-state index in [4.69, 9.17) is 4.52 Å². The van der Waals surface area contributed by atoms with Crippen molar-refractivity contribution in [3.63, 3.8) is 0 Å². The monoisotopic (exact) mass is 441 g/mol. The number of aromatic nitrogens is 4. The fraction of sp³-hybridized carbons (Fsp3) is 0.208. The van der Waals surface area contributed by atoms with E-state index in [0.717, 1.165) is 52.3 Å². The van der Waals surface area contributed by atoms with Gasteiger partial charge in [-0.15, -0.1) is 0 Å². The second kappa shape index (κ2) is 7.87. The Balaban J connectivity index is 1.44. The van der Waals surface area contributed by atoms with Crippen LogP contribution >= 0.6 is 11.8 Å². The van der Waals surface area contributed by atoms with Crippen LogP contribution < -0.4 is 4.90 Å². The Hall–Kier alpha value is -3.52. The smallest absolute Gasteiger partial charge is 0.278 e. The summed E-state index contributed by atoms with van der Waals surface area (Å²) in [6.45, 7) is 0. The molecule has 1 aliphatic carbocycles. The normalized spacial score (nSPS) is 16.0. The summed E-state index contributed by atoms with van der Waals surface area (Å²) >= 11 is 1.61. The Bertz CT molecular complexity index is 1300. The summed E-state index contributed by atoms with van der Waals surface area (Å²) in [5, 5.41) is 4.15. The minimum Gasteiger partial charge on any atom is -0.332 e. The number of carbonyl (C=O) groups excluding carboxylic acids is 1. The van der Waals surface area contributed by atoms with Gasteiger partial charge in [0.25, 0.3) is 11.8 Å². The Kier molecular flexibility index (Phi) is 4.72. The lowest BCUT2D eigenvalue weighted by atomic mass is 10.1. The molecule has 0 atom stereocenters. The molecule has 0 spiro atoms. The minimum absolute atomic E-state index is 0.0796. The molecule has 2 aromatic carbocycles. The number of amides is 1. The van der Waals surface area contributed by atoms with Crippen LogP contribution in [-0.4, -0.2) is 32.1 Å². The molecule has 3 heterocycles. The molecule has 1 saturated carbocycles. The number of anilines is 1. The SMILES string of the molecule is O=C1c2ccccc2Sc2cc(-c3noc(-c4cnccn4)n3)ccc2N1C1CCCC1. The number of benzene rings is 2. The molecule has 1 fully saturated rings. The highest BCUT2D eigenvalue weighted by Crippen LogP contribution is 2.45. The van der Waals surface area contributed by atoms with Crippen molar-refractivity contribution in [3.8, 4) is 23.0 Å². The second-order valence-electron chi connectivity index (χ2n) is 7.91. The lowest BCUT2D eigenvalue weighted by Crippen LogP contribution is -2.39. The largest absolute Gasteiger partial charge is 0.332 e. The summed E-state index contributed by atoms with van der Waals surface area (Å²) in [5.74, 6) is 0.880. The number of nitrogens with zero attached hydrogens (tertiary/aromatic N) is 5. The van der Waals surface area contributed by atoms with Gasteiger partial charge in [0, 0.05) is 33.8 Å². The van der Waals surface area contributed by atoms with Crippen LogP contribution in [0, 0.1) is 0 Å². The second-order valence-corrected chi connectivity index (χ2v) is 8.99. The zero-order valence-corrected chi connectivity index (χ0v) is 18.0. The Morgan fingerprint density at radius 1 is 1.03 bits per heavy atom. The Morgan fingerprint density at radius 2 is 1.91 bits per heavy atom. The summed E-state index contributed by atoms with van der Waals surface area (Å²) in [5.41, 5.74) is 3.06. The molecular weight excluding hydrogens is 422 g/mol. The molecule has 8 heteroatoms. The summed E-state index contributed by atoms with van der Waals surface area (Å²) in [4.78, 5) is 30.3. The van der Waals surface area contributed by atoms with Gasteiger partial charge in [0.05, 0.1) is 17.4 Å². The van der Waals surface area contributed by atoms with E-state index in [-0.39, 0.29) is 11.9 Å². The molecular formula is C24H19N5O2S. The maximum absolute atomic E-state index is 13.6. The van der Waals surface area contributed by atoms with E-state index in [1.807, 2.05) is 47.4 Å². The van der Waals surface area contributed by atoms with Crippen molar-refractivity contribution in [2.45, 2.75) is 41.5 Å². The molecule has 158 valence electrons. The van der Waals surface area contributed by atoms with Crippen LogP contribution in [-0.2, 0) is 0 Å². The van der Waals surface area contributed by atoms with E-state index < -0.39 is 0 Å². The molecule has 0 bridgehead atoms. The van der Waals surface area contributed by atoms with Crippen molar-refractivity contribution in [3.05, 3.63) is 66.6 Å². The molecule has 0 unspecified atom stereocenters. The lowest BCUT2D eigenvalue weighted by Gasteiger charge is -2.29. The van der Waals surface area contributed by atoms with E-state index in [9.17, 15) is 4.79 Å². The molecule has 0 radical (unpaired) electrons. The van der Waals surface area contributed by atoms with Gasteiger partial charge in [-0.3, -0.25) is 9.78 Å². The highest BCUT2D eigenvalue weighted by molar-refractivity contribution is 7.99. The van der Waals surface area contributed by atoms with Gasteiger partial charge in [0.2, 0.25) is 5.82 Å². The van der Waals surface area contributed by atoms with Crippen LogP contribution in [0.3, 0.4) is 0 Å². The highest BCUT2D eigenvalue weighted by atomic mass is 32.2. The topological polar surface area (TPSA) is 85.0 Å². The Labute approximate surface area is 188 Å². The first kappa shape index (κ1) is 19.2. The molecule has 7 nitrogen and oxygen atoms in total. The van der Waals surface area contributed by atoms with Crippen molar-refractivity contribution in [2.75, 3.05) is 4.90 Å². The van der Waals surface area contributed by atoms with E-state index in [0.29, 0.717) is 17.4 Å². The first-order chi connectivity index (χ1) is 15.8. The number of hydrogen-bond acceptors (Lipinski definition) is 7. The zero-order valence-electron chi connectivity index (χ0n) is 17.1. The number of rotatable bonds is 3. The van der Waals surface area contributed by atoms with Crippen LogP contribution in [0.2, 0.25) is 0 Å². The summed E-state index contributed by atoms with van der Waals surface area (Å²) < 4.78 is 5.41. The van der Waals surface area contributed by atoms with E-state index in [2.05, 4.69) is 20.1 Å². The molecule has 6 rings (SSSR count). The molecule has 2 aromatic heterocycles. The van der Waals surface area contributed by atoms with Gasteiger partial charge in [0.15, 0.2) is 0 Å². The average molecular weight is 442 g/mol. The van der Waals surface area contributed by atoms with Gasteiger partial charge in [-0.2, -0.15) is 4.98 Å². The van der Waals surface area contributed by atoms with E-state index in [1.165, 1.54) is 0 Å². The van der Waals surface area contributed by atoms with Gasteiger partial charge in [0.1, 0.15) is 5.69 Å². The highest BCUT2D eigenvalue weighted by Gasteiger charge is 2.34. The molecule has 4 aromatic rings. The summed E-state index contributed by atoms with van der Waals surface area (Å²) in [7, 11) is 0. The predicted octanol–water partition coefficient (Wildman–Crippen LogP) is 5.25. The van der Waals surface area contributed by atoms with Crippen LogP contribution in [0.25, 0.3) is 23.0 Å². The van der Waals surface area contributed by atoms with Crippen LogP contribution in [0.1, 0.15) is 36.0 Å². The van der Waals surface area contributed by atoms with Crippen molar-refractivity contribution in [1.82, 2.24) is 20.1 Å². The van der Waals surface area contributed by atoms with E-state index >= 15 is 0 Å². The molecule has 1 aliphatic heterocycles. The Morgan fingerprint density at radius 3 is 2.75 bits per heavy atom. The summed E-state index contributed by atoms with van der Waals surface area (Å²) in [6.07, 6.45) is 9.16. The first-order valence-electron chi connectivity index (χ1n) is 10.6. The fourth-order valence-electron chi connectivity index (χ4n) is 4.40. The number of carbonyl (C=O) groups is 1. The van der Waals surface area contributed by atoms with Gasteiger partial charge in [-0.25, -0.2) is 4.98 Å². The molecule has 0 saturated heterocycles. The standard InChI is InChI=1S/C24H19N5O2S/c30-24-17-7-3-4-8-20(17)32-21-13-15(9-10-19(21)29(24)16-5-1-2-6-16)22-27-23(31-28-22)18-14-25-11-12-26-18/h3-4,7-14,16H,1-2,5-6H2. The van der Waals surface area contributed by atoms with Crippen molar-refractivity contribution in [2.24, 2.45) is 0 Å².